The van der Waals surface area contributed by atoms with Gasteiger partial charge in [0.25, 0.3) is 0 Å². The molecular formula is C33H46O3Si2. The first-order valence-corrected chi connectivity index (χ1v) is 19.9. The van der Waals surface area contributed by atoms with Crippen molar-refractivity contribution in [1.82, 2.24) is 0 Å². The summed E-state index contributed by atoms with van der Waals surface area (Å²) in [5.41, 5.74) is 5.67. The zero-order valence-electron chi connectivity index (χ0n) is 25.1. The van der Waals surface area contributed by atoms with Gasteiger partial charge in [0.1, 0.15) is 0 Å². The van der Waals surface area contributed by atoms with E-state index in [9.17, 15) is 4.79 Å². The van der Waals surface area contributed by atoms with Gasteiger partial charge in [-0.1, -0.05) is 102 Å². The van der Waals surface area contributed by atoms with E-state index in [1.54, 1.807) is 0 Å². The van der Waals surface area contributed by atoms with Gasteiger partial charge in [0.05, 0.1) is 12.2 Å². The summed E-state index contributed by atoms with van der Waals surface area (Å²) in [5, 5.41) is 0.146. The van der Waals surface area contributed by atoms with Crippen LogP contribution in [0, 0.1) is 0 Å². The lowest BCUT2D eigenvalue weighted by molar-refractivity contribution is -0.108. The van der Waals surface area contributed by atoms with Crippen LogP contribution in [-0.2, 0) is 13.6 Å². The van der Waals surface area contributed by atoms with Gasteiger partial charge in [0, 0.05) is 11.1 Å². The quantitative estimate of drug-likeness (QED) is 0.339. The Balaban J connectivity index is 1.96. The van der Waals surface area contributed by atoms with Gasteiger partial charge < -0.3 is 8.85 Å². The van der Waals surface area contributed by atoms with Gasteiger partial charge in [-0.05, 0) is 71.4 Å². The van der Waals surface area contributed by atoms with E-state index < -0.39 is 16.6 Å². The third-order valence-corrected chi connectivity index (χ3v) is 18.2. The molecule has 0 radical (unpaired) electrons. The second kappa shape index (κ2) is 10.2. The average molecular weight is 547 g/mol. The highest BCUT2D eigenvalue weighted by Gasteiger charge is 2.49. The molecule has 0 heterocycles. The Morgan fingerprint density at radius 3 is 1.21 bits per heavy atom. The van der Waals surface area contributed by atoms with Gasteiger partial charge in [-0.15, -0.1) is 0 Å². The molecule has 2 aliphatic carbocycles. The summed E-state index contributed by atoms with van der Waals surface area (Å²) in [4.78, 5) is 14.5. The lowest BCUT2D eigenvalue weighted by Gasteiger charge is -2.45. The molecule has 4 rings (SSSR count). The monoisotopic (exact) mass is 546 g/mol. The van der Waals surface area contributed by atoms with Gasteiger partial charge in [0.15, 0.2) is 22.4 Å². The molecule has 1 fully saturated rings. The van der Waals surface area contributed by atoms with Gasteiger partial charge >= 0.3 is 0 Å². The number of ketones is 1. The van der Waals surface area contributed by atoms with Crippen molar-refractivity contribution in [1.29, 1.82) is 0 Å². The number of hydrogen-bond acceptors (Lipinski definition) is 3. The van der Waals surface area contributed by atoms with E-state index in [2.05, 4.69) is 92.0 Å². The number of carbonyl (C=O) groups excluding carboxylic acids is 1. The Kier molecular flexibility index (Phi) is 7.74. The van der Waals surface area contributed by atoms with E-state index in [4.69, 9.17) is 8.85 Å². The van der Waals surface area contributed by atoms with E-state index in [1.165, 1.54) is 0 Å². The van der Waals surface area contributed by atoms with Gasteiger partial charge in [-0.3, -0.25) is 4.79 Å². The third kappa shape index (κ3) is 5.35. The topological polar surface area (TPSA) is 35.5 Å². The minimum atomic E-state index is -2.10. The maximum absolute atomic E-state index is 14.5. The summed E-state index contributed by atoms with van der Waals surface area (Å²) in [6.45, 7) is 22.9. The van der Waals surface area contributed by atoms with E-state index in [-0.39, 0.29) is 28.1 Å². The Morgan fingerprint density at radius 1 is 0.605 bits per heavy atom. The summed E-state index contributed by atoms with van der Waals surface area (Å²) >= 11 is 0. The molecule has 5 heteroatoms. The van der Waals surface area contributed by atoms with Crippen LogP contribution in [-0.4, -0.2) is 34.6 Å². The van der Waals surface area contributed by atoms with Crippen LogP contribution >= 0.6 is 0 Å². The molecule has 0 bridgehead atoms. The maximum Gasteiger partial charge on any atom is 0.195 e. The zero-order chi connectivity index (χ0) is 28.1. The second-order valence-corrected chi connectivity index (χ2v) is 23.5. The van der Waals surface area contributed by atoms with Gasteiger partial charge in [0.2, 0.25) is 0 Å². The van der Waals surface area contributed by atoms with E-state index in [1.807, 2.05) is 36.4 Å². The SMILES string of the molecule is CC(C)(C)[Si](C)(C)O[C@H]1CC[C@H](O[Si](C)(C)C(C)(C)C)C2=C(c3ccccc3)C(=O)C(c3ccccc3)=C21. The number of fused-ring (bicyclic) bond motifs is 1. The van der Waals surface area contributed by atoms with Crippen molar-refractivity contribution in [2.75, 3.05) is 0 Å². The van der Waals surface area contributed by atoms with Crippen molar-refractivity contribution in [3.8, 4) is 0 Å². The fourth-order valence-electron chi connectivity index (χ4n) is 4.98. The summed E-state index contributed by atoms with van der Waals surface area (Å²) in [6, 6.07) is 20.4. The van der Waals surface area contributed by atoms with Crippen molar-refractivity contribution >= 4 is 33.6 Å². The Labute approximate surface area is 232 Å². The van der Waals surface area contributed by atoms with E-state index in [0.717, 1.165) is 46.3 Å². The predicted molar refractivity (Wildman–Crippen MR) is 165 cm³/mol. The van der Waals surface area contributed by atoms with Crippen molar-refractivity contribution in [2.45, 2.75) is 103 Å². The molecule has 2 atom stereocenters. The van der Waals surface area contributed by atoms with Crippen LogP contribution in [0.4, 0.5) is 0 Å². The van der Waals surface area contributed by atoms with E-state index in [0.29, 0.717) is 0 Å². The molecule has 0 N–H and O–H groups in total. The van der Waals surface area contributed by atoms with Crippen LogP contribution in [0.3, 0.4) is 0 Å². The van der Waals surface area contributed by atoms with Crippen LogP contribution in [0.25, 0.3) is 11.1 Å². The zero-order valence-corrected chi connectivity index (χ0v) is 27.1. The molecule has 0 spiro atoms. The first-order valence-electron chi connectivity index (χ1n) is 14.0. The highest BCUT2D eigenvalue weighted by Crippen LogP contribution is 2.52. The van der Waals surface area contributed by atoms with Crippen LogP contribution < -0.4 is 0 Å². The van der Waals surface area contributed by atoms with Crippen molar-refractivity contribution in [3.63, 3.8) is 0 Å². The van der Waals surface area contributed by atoms with E-state index >= 15 is 0 Å². The number of Topliss-reactive ketones (excluding diaryl/α,β-unsaturated/α-hetero) is 1. The van der Waals surface area contributed by atoms with Crippen LogP contribution in [0.5, 0.6) is 0 Å². The van der Waals surface area contributed by atoms with Crippen LogP contribution in [0.1, 0.15) is 65.5 Å². The lowest BCUT2D eigenvalue weighted by Crippen LogP contribution is -2.48. The Bertz CT molecular complexity index is 1150. The molecule has 204 valence electrons. The molecule has 3 nitrogen and oxygen atoms in total. The number of carbonyl (C=O) groups is 1. The maximum atomic E-state index is 14.5. The molecular weight excluding hydrogens is 501 g/mol. The van der Waals surface area contributed by atoms with Gasteiger partial charge in [-0.25, -0.2) is 0 Å². The number of hydrogen-bond donors (Lipinski definition) is 0. The lowest BCUT2D eigenvalue weighted by atomic mass is 9.83. The standard InChI is InChI=1S/C33H46O3Si2/c1-32(2,3)37(7,8)35-25-21-22-26(36-38(9,10)33(4,5)6)30-28(24-19-15-12-16-20-24)31(34)27(29(25)30)23-17-13-11-14-18-23/h11-20,25-26H,21-22H2,1-10H3/t25-,26-/m0/s1. The minimum absolute atomic E-state index is 0.0731. The molecule has 1 saturated carbocycles. The van der Waals surface area contributed by atoms with Gasteiger partial charge in [-0.2, -0.15) is 0 Å². The van der Waals surface area contributed by atoms with Crippen molar-refractivity contribution in [2.24, 2.45) is 0 Å². The molecule has 0 aliphatic heterocycles. The normalized spacial score (nSPS) is 21.3. The summed E-state index contributed by atoms with van der Waals surface area (Å²) < 4.78 is 14.3. The third-order valence-electron chi connectivity index (χ3n) is 9.23. The highest BCUT2D eigenvalue weighted by atomic mass is 28.4. The fourth-order valence-corrected chi connectivity index (χ4v) is 7.58. The number of benzene rings is 2. The average Bonchev–Trinajstić information content (AvgIpc) is 3.13. The van der Waals surface area contributed by atoms with Crippen LogP contribution in [0.2, 0.25) is 36.3 Å². The number of rotatable bonds is 6. The van der Waals surface area contributed by atoms with Crippen LogP contribution in [0.15, 0.2) is 71.8 Å². The minimum Gasteiger partial charge on any atom is -0.410 e. The Morgan fingerprint density at radius 2 is 0.921 bits per heavy atom. The molecule has 0 unspecified atom stereocenters. The predicted octanol–water partition coefficient (Wildman–Crippen LogP) is 9.05. The van der Waals surface area contributed by atoms with Crippen molar-refractivity contribution < 1.29 is 13.6 Å². The molecule has 2 aromatic carbocycles. The summed E-state index contributed by atoms with van der Waals surface area (Å²) in [5.74, 6) is 0.0990. The molecule has 0 saturated heterocycles. The smallest absolute Gasteiger partial charge is 0.195 e. The number of allylic oxidation sites excluding steroid dienone is 2. The fraction of sp³-hybridized carbons (Fsp3) is 0.485. The Hall–Kier alpha value is -2.06. The molecule has 2 aliphatic rings. The largest absolute Gasteiger partial charge is 0.410 e. The second-order valence-electron chi connectivity index (χ2n) is 13.9. The van der Waals surface area contributed by atoms with Crippen molar-refractivity contribution in [3.05, 3.63) is 82.9 Å². The summed E-state index contributed by atoms with van der Waals surface area (Å²) in [6.07, 6.45) is 1.48. The summed E-state index contributed by atoms with van der Waals surface area (Å²) in [7, 11) is -4.21. The molecule has 0 aromatic heterocycles. The molecule has 0 amide bonds. The first-order chi connectivity index (χ1) is 17.6. The molecule has 38 heavy (non-hydrogen) atoms. The molecule has 2 aromatic rings. The highest BCUT2D eigenvalue weighted by molar-refractivity contribution is 6.74. The first kappa shape index (κ1) is 28.9.